The zero-order valence-electron chi connectivity index (χ0n) is 17.4. The Morgan fingerprint density at radius 3 is 2.57 bits per heavy atom. The number of oxazole rings is 1. The fraction of sp³-hybridized carbons (Fsp3) is 0.500. The third kappa shape index (κ3) is 7.55. The van der Waals surface area contributed by atoms with E-state index in [1.165, 1.54) is 5.56 Å². The molecule has 1 aliphatic heterocycles. The van der Waals surface area contributed by atoms with Crippen molar-refractivity contribution < 1.29 is 12.8 Å². The van der Waals surface area contributed by atoms with Gasteiger partial charge in [-0.05, 0) is 26.0 Å². The lowest BCUT2D eigenvalue weighted by molar-refractivity contribution is 0.299. The Hall–Kier alpha value is -1.66. The third-order valence-corrected chi connectivity index (χ3v) is 6.36. The maximum absolute atomic E-state index is 11.5. The van der Waals surface area contributed by atoms with Crippen LogP contribution in [0.15, 0.2) is 39.9 Å². The molecule has 10 heteroatoms. The van der Waals surface area contributed by atoms with E-state index in [0.717, 1.165) is 24.3 Å². The summed E-state index contributed by atoms with van der Waals surface area (Å²) >= 11 is 0. The molecule has 166 valence electrons. The highest BCUT2D eigenvalue weighted by Crippen LogP contribution is 2.19. The van der Waals surface area contributed by atoms with Crippen LogP contribution in [0.1, 0.15) is 18.2 Å². The number of hydrogen-bond donors (Lipinski definition) is 2. The van der Waals surface area contributed by atoms with Gasteiger partial charge in [0, 0.05) is 38.3 Å². The topological polar surface area (TPSA) is 99.8 Å². The van der Waals surface area contributed by atoms with E-state index in [1.54, 1.807) is 6.26 Å². The zero-order chi connectivity index (χ0) is 20.7. The summed E-state index contributed by atoms with van der Waals surface area (Å²) < 4.78 is 28.6. The Kier molecular flexibility index (Phi) is 9.56. The molecular weight excluding hydrogens is 517 g/mol. The predicted octanol–water partition coefficient (Wildman–Crippen LogP) is 2.05. The second-order valence-corrected chi connectivity index (χ2v) is 9.43. The van der Waals surface area contributed by atoms with E-state index in [4.69, 9.17) is 4.42 Å². The fourth-order valence-electron chi connectivity index (χ4n) is 3.02. The lowest BCUT2D eigenvalue weighted by Gasteiger charge is -2.26. The maximum atomic E-state index is 11.5. The fourth-order valence-corrected chi connectivity index (χ4v) is 4.29. The second-order valence-electron chi connectivity index (χ2n) is 7.13. The van der Waals surface area contributed by atoms with Crippen molar-refractivity contribution in [2.75, 3.05) is 44.2 Å². The van der Waals surface area contributed by atoms with Crippen LogP contribution in [-0.4, -0.2) is 68.5 Å². The largest absolute Gasteiger partial charge is 0.444 e. The summed E-state index contributed by atoms with van der Waals surface area (Å²) in [5.41, 5.74) is 2.90. The van der Waals surface area contributed by atoms with Gasteiger partial charge in [-0.3, -0.25) is 4.90 Å². The number of nitrogens with zero attached hydrogens (tertiary/aromatic N) is 3. The first-order valence-corrected chi connectivity index (χ1v) is 11.7. The van der Waals surface area contributed by atoms with E-state index in [-0.39, 0.29) is 35.5 Å². The van der Waals surface area contributed by atoms with Crippen LogP contribution in [0.25, 0.3) is 11.5 Å². The number of aliphatic imine (C=N–C) groups is 1. The average molecular weight is 547 g/mol. The first-order chi connectivity index (χ1) is 13.9. The van der Waals surface area contributed by atoms with Crippen molar-refractivity contribution in [2.24, 2.45) is 4.99 Å². The van der Waals surface area contributed by atoms with Crippen molar-refractivity contribution >= 4 is 39.8 Å². The van der Waals surface area contributed by atoms with Gasteiger partial charge in [-0.25, -0.2) is 18.4 Å². The number of guanidine groups is 1. The molecule has 0 radical (unpaired) electrons. The molecule has 0 aliphatic carbocycles. The Morgan fingerprint density at radius 1 is 1.20 bits per heavy atom. The smallest absolute Gasteiger partial charge is 0.226 e. The Labute approximate surface area is 195 Å². The molecule has 3 rings (SSSR count). The van der Waals surface area contributed by atoms with Gasteiger partial charge < -0.3 is 15.1 Å². The highest BCUT2D eigenvalue weighted by Gasteiger charge is 2.20. The van der Waals surface area contributed by atoms with E-state index in [2.05, 4.69) is 25.5 Å². The maximum Gasteiger partial charge on any atom is 0.226 e. The van der Waals surface area contributed by atoms with Crippen molar-refractivity contribution in [3.8, 4) is 11.5 Å². The van der Waals surface area contributed by atoms with Crippen LogP contribution in [0.3, 0.4) is 0 Å². The quantitative estimate of drug-likeness (QED) is 0.311. The number of aromatic nitrogens is 1. The average Bonchev–Trinajstić information content (AvgIpc) is 3.17. The molecule has 1 aromatic heterocycles. The Morgan fingerprint density at radius 2 is 1.90 bits per heavy atom. The van der Waals surface area contributed by atoms with E-state index in [1.807, 2.05) is 38.1 Å². The highest BCUT2D eigenvalue weighted by atomic mass is 127. The van der Waals surface area contributed by atoms with Crippen LogP contribution < -0.4 is 10.6 Å². The van der Waals surface area contributed by atoms with Crippen LogP contribution in [0.2, 0.25) is 0 Å². The van der Waals surface area contributed by atoms with Crippen molar-refractivity contribution in [1.29, 1.82) is 0 Å². The van der Waals surface area contributed by atoms with Crippen LogP contribution in [0, 0.1) is 6.92 Å². The number of sulfone groups is 1. The lowest BCUT2D eigenvalue weighted by atomic mass is 10.1. The summed E-state index contributed by atoms with van der Waals surface area (Å²) in [6.07, 6.45) is 1.64. The molecule has 0 spiro atoms. The Balaban J connectivity index is 0.00000320. The Bertz CT molecular complexity index is 914. The van der Waals surface area contributed by atoms with Gasteiger partial charge in [0.05, 0.1) is 18.1 Å². The molecular formula is C20H30IN5O3S. The molecule has 2 heterocycles. The van der Waals surface area contributed by atoms with Crippen LogP contribution in [-0.2, 0) is 16.4 Å². The van der Waals surface area contributed by atoms with Gasteiger partial charge in [0.2, 0.25) is 5.89 Å². The van der Waals surface area contributed by atoms with Gasteiger partial charge in [-0.15, -0.1) is 24.0 Å². The third-order valence-electron chi connectivity index (χ3n) is 4.75. The molecule has 0 bridgehead atoms. The summed E-state index contributed by atoms with van der Waals surface area (Å²) in [6.45, 7) is 7.88. The van der Waals surface area contributed by atoms with Crippen molar-refractivity contribution in [3.05, 3.63) is 41.8 Å². The SMILES string of the molecule is CCNC(=NCc1coc(-c2ccc(C)cc2)n1)NCCN1CCS(=O)(=O)CC1.I. The van der Waals surface area contributed by atoms with Crippen molar-refractivity contribution in [1.82, 2.24) is 20.5 Å². The van der Waals surface area contributed by atoms with Gasteiger partial charge >= 0.3 is 0 Å². The van der Waals surface area contributed by atoms with Crippen LogP contribution >= 0.6 is 24.0 Å². The normalized spacial score (nSPS) is 16.7. The molecule has 1 aromatic carbocycles. The summed E-state index contributed by atoms with van der Waals surface area (Å²) in [5, 5.41) is 6.51. The van der Waals surface area contributed by atoms with Crippen LogP contribution in [0.4, 0.5) is 0 Å². The minimum atomic E-state index is -2.84. The molecule has 0 saturated carbocycles. The van der Waals surface area contributed by atoms with Gasteiger partial charge in [0.15, 0.2) is 15.8 Å². The molecule has 2 N–H and O–H groups in total. The van der Waals surface area contributed by atoms with Crippen LogP contribution in [0.5, 0.6) is 0 Å². The molecule has 8 nitrogen and oxygen atoms in total. The van der Waals surface area contributed by atoms with E-state index in [9.17, 15) is 8.42 Å². The first-order valence-electron chi connectivity index (χ1n) is 9.91. The van der Waals surface area contributed by atoms with Gasteiger partial charge in [-0.2, -0.15) is 0 Å². The summed E-state index contributed by atoms with van der Waals surface area (Å²) in [6, 6.07) is 8.04. The molecule has 1 aliphatic rings. The van der Waals surface area contributed by atoms with E-state index >= 15 is 0 Å². The zero-order valence-corrected chi connectivity index (χ0v) is 20.6. The van der Waals surface area contributed by atoms with E-state index in [0.29, 0.717) is 38.0 Å². The second kappa shape index (κ2) is 11.7. The summed E-state index contributed by atoms with van der Waals surface area (Å²) in [4.78, 5) is 11.2. The number of benzene rings is 1. The monoisotopic (exact) mass is 547 g/mol. The first kappa shape index (κ1) is 24.6. The molecule has 30 heavy (non-hydrogen) atoms. The molecule has 1 fully saturated rings. The molecule has 2 aromatic rings. The molecule has 0 atom stereocenters. The molecule has 1 saturated heterocycles. The van der Waals surface area contributed by atoms with Gasteiger partial charge in [-0.1, -0.05) is 17.7 Å². The highest BCUT2D eigenvalue weighted by molar-refractivity contribution is 14.0. The van der Waals surface area contributed by atoms with E-state index < -0.39 is 9.84 Å². The van der Waals surface area contributed by atoms with Gasteiger partial charge in [0.25, 0.3) is 0 Å². The van der Waals surface area contributed by atoms with Gasteiger partial charge in [0.1, 0.15) is 12.0 Å². The predicted molar refractivity (Wildman–Crippen MR) is 130 cm³/mol. The van der Waals surface area contributed by atoms with Crippen molar-refractivity contribution in [3.63, 3.8) is 0 Å². The summed E-state index contributed by atoms with van der Waals surface area (Å²) in [7, 11) is -2.84. The minimum Gasteiger partial charge on any atom is -0.444 e. The molecule has 0 unspecified atom stereocenters. The number of halogens is 1. The standard InChI is InChI=1S/C20H29N5O3S.HI/c1-3-21-20(22-8-9-25-10-12-29(26,27)13-11-25)23-14-18-15-28-19(24-18)17-6-4-16(2)5-7-17;/h4-7,15H,3,8-14H2,1-2H3,(H2,21,22,23);1H. The van der Waals surface area contributed by atoms with Crippen molar-refractivity contribution in [2.45, 2.75) is 20.4 Å². The number of rotatable bonds is 7. The number of aryl methyl sites for hydroxylation is 1. The summed E-state index contributed by atoms with van der Waals surface area (Å²) in [5.74, 6) is 1.79. The number of nitrogens with one attached hydrogen (secondary N) is 2. The number of hydrogen-bond acceptors (Lipinski definition) is 6. The lowest BCUT2D eigenvalue weighted by Crippen LogP contribution is -2.45. The minimum absolute atomic E-state index is 0. The molecule has 0 amide bonds.